The predicted molar refractivity (Wildman–Crippen MR) is 106 cm³/mol. The average molecular weight is 403 g/mol. The molecular weight excluding hydrogens is 378 g/mol. The van der Waals surface area contributed by atoms with Gasteiger partial charge in [0, 0.05) is 11.3 Å². The number of H-pyrrole nitrogens is 1. The largest absolute Gasteiger partial charge is 0.493 e. The van der Waals surface area contributed by atoms with Crippen LogP contribution in [0, 0.1) is 13.8 Å². The molecular formula is C21H25NO7. The Morgan fingerprint density at radius 3 is 1.93 bits per heavy atom. The lowest BCUT2D eigenvalue weighted by Gasteiger charge is -2.15. The first-order chi connectivity index (χ1) is 13.7. The molecule has 156 valence electrons. The molecule has 0 bridgehead atoms. The Morgan fingerprint density at radius 2 is 1.52 bits per heavy atom. The first-order valence-electron chi connectivity index (χ1n) is 8.91. The van der Waals surface area contributed by atoms with Gasteiger partial charge in [0.15, 0.2) is 23.4 Å². The summed E-state index contributed by atoms with van der Waals surface area (Å²) in [6.45, 7) is 6.31. The molecule has 0 aliphatic rings. The third-order valence-corrected chi connectivity index (χ3v) is 4.59. The summed E-state index contributed by atoms with van der Waals surface area (Å²) in [5, 5.41) is 0. The van der Waals surface area contributed by atoms with E-state index in [1.165, 1.54) is 47.3 Å². The number of hydrogen-bond donors (Lipinski definition) is 1. The Hall–Kier alpha value is -3.29. The van der Waals surface area contributed by atoms with Crippen LogP contribution in [0.25, 0.3) is 0 Å². The SMILES string of the molecule is COc1cc(C(=O)O[C@H](C)C(=O)c2[nH]c(C)c(C(C)=O)c2C)cc(OC)c1OC. The second-order valence-corrected chi connectivity index (χ2v) is 6.51. The van der Waals surface area contributed by atoms with E-state index in [0.717, 1.165) is 0 Å². The monoisotopic (exact) mass is 403 g/mol. The fourth-order valence-electron chi connectivity index (χ4n) is 3.21. The number of hydrogen-bond acceptors (Lipinski definition) is 7. The number of aromatic nitrogens is 1. The van der Waals surface area contributed by atoms with Crippen LogP contribution in [0.5, 0.6) is 17.2 Å². The van der Waals surface area contributed by atoms with Crippen LogP contribution in [-0.4, -0.2) is 50.0 Å². The summed E-state index contributed by atoms with van der Waals surface area (Å²) >= 11 is 0. The number of rotatable bonds is 8. The Bertz CT molecular complexity index is 933. The molecule has 0 aliphatic heterocycles. The van der Waals surface area contributed by atoms with Crippen LogP contribution < -0.4 is 14.2 Å². The van der Waals surface area contributed by atoms with Gasteiger partial charge in [0.2, 0.25) is 11.5 Å². The highest BCUT2D eigenvalue weighted by atomic mass is 16.5. The van der Waals surface area contributed by atoms with Gasteiger partial charge in [-0.1, -0.05) is 0 Å². The number of ether oxygens (including phenoxy) is 4. The Balaban J connectivity index is 2.28. The van der Waals surface area contributed by atoms with E-state index in [1.54, 1.807) is 13.8 Å². The fraction of sp³-hybridized carbons (Fsp3) is 0.381. The van der Waals surface area contributed by atoms with Crippen LogP contribution in [-0.2, 0) is 4.74 Å². The number of Topliss-reactive ketones (excluding diaryl/α,β-unsaturated/α-hetero) is 2. The van der Waals surface area contributed by atoms with Crippen molar-refractivity contribution in [1.82, 2.24) is 4.98 Å². The van der Waals surface area contributed by atoms with E-state index in [-0.39, 0.29) is 17.0 Å². The number of aromatic amines is 1. The van der Waals surface area contributed by atoms with Gasteiger partial charge in [-0.3, -0.25) is 9.59 Å². The van der Waals surface area contributed by atoms with Gasteiger partial charge in [0.25, 0.3) is 0 Å². The molecule has 1 atom stereocenters. The summed E-state index contributed by atoms with van der Waals surface area (Å²) in [4.78, 5) is 40.1. The summed E-state index contributed by atoms with van der Waals surface area (Å²) in [5.74, 6) is -0.376. The minimum absolute atomic E-state index is 0.141. The zero-order valence-electron chi connectivity index (χ0n) is 17.6. The summed E-state index contributed by atoms with van der Waals surface area (Å²) in [7, 11) is 4.32. The molecule has 1 N–H and O–H groups in total. The van der Waals surface area contributed by atoms with E-state index < -0.39 is 17.9 Å². The van der Waals surface area contributed by atoms with E-state index in [1.807, 2.05) is 0 Å². The van der Waals surface area contributed by atoms with Gasteiger partial charge in [-0.2, -0.15) is 0 Å². The highest BCUT2D eigenvalue weighted by Crippen LogP contribution is 2.38. The predicted octanol–water partition coefficient (Wildman–Crippen LogP) is 3.29. The van der Waals surface area contributed by atoms with Crippen LogP contribution in [0.1, 0.15) is 56.3 Å². The summed E-state index contributed by atoms with van der Waals surface area (Å²) in [6.07, 6.45) is -1.07. The molecule has 0 saturated carbocycles. The maximum atomic E-state index is 12.8. The number of ketones is 2. The lowest BCUT2D eigenvalue weighted by molar-refractivity contribution is 0.0316. The lowest BCUT2D eigenvalue weighted by atomic mass is 10.0. The normalized spacial score (nSPS) is 11.6. The smallest absolute Gasteiger partial charge is 0.339 e. The second kappa shape index (κ2) is 8.81. The van der Waals surface area contributed by atoms with Crippen molar-refractivity contribution in [2.45, 2.75) is 33.8 Å². The van der Waals surface area contributed by atoms with Gasteiger partial charge < -0.3 is 23.9 Å². The highest BCUT2D eigenvalue weighted by Gasteiger charge is 2.27. The van der Waals surface area contributed by atoms with Gasteiger partial charge in [-0.25, -0.2) is 4.79 Å². The average Bonchev–Trinajstić information content (AvgIpc) is 2.99. The van der Waals surface area contributed by atoms with Crippen molar-refractivity contribution >= 4 is 17.5 Å². The first-order valence-corrected chi connectivity index (χ1v) is 8.91. The molecule has 0 radical (unpaired) electrons. The number of aryl methyl sites for hydroxylation is 1. The fourth-order valence-corrected chi connectivity index (χ4v) is 3.21. The van der Waals surface area contributed by atoms with Gasteiger partial charge >= 0.3 is 5.97 Å². The van der Waals surface area contributed by atoms with Crippen LogP contribution in [0.4, 0.5) is 0 Å². The lowest BCUT2D eigenvalue weighted by Crippen LogP contribution is -2.25. The third kappa shape index (κ3) is 4.26. The molecule has 8 nitrogen and oxygen atoms in total. The van der Waals surface area contributed by atoms with E-state index in [2.05, 4.69) is 4.98 Å². The molecule has 2 rings (SSSR count). The molecule has 0 spiro atoms. The third-order valence-electron chi connectivity index (χ3n) is 4.59. The number of carbonyl (C=O) groups is 3. The molecule has 0 amide bonds. The van der Waals surface area contributed by atoms with Crippen molar-refractivity contribution in [1.29, 1.82) is 0 Å². The van der Waals surface area contributed by atoms with Crippen LogP contribution >= 0.6 is 0 Å². The molecule has 0 aliphatic carbocycles. The van der Waals surface area contributed by atoms with Crippen molar-refractivity contribution in [3.8, 4) is 17.2 Å². The molecule has 1 heterocycles. The van der Waals surface area contributed by atoms with Gasteiger partial charge in [-0.05, 0) is 45.4 Å². The van der Waals surface area contributed by atoms with E-state index in [4.69, 9.17) is 18.9 Å². The van der Waals surface area contributed by atoms with E-state index in [9.17, 15) is 14.4 Å². The van der Waals surface area contributed by atoms with Crippen molar-refractivity contribution in [3.05, 3.63) is 40.2 Å². The number of esters is 1. The van der Waals surface area contributed by atoms with Crippen molar-refractivity contribution < 1.29 is 33.3 Å². The minimum atomic E-state index is -1.07. The number of methoxy groups -OCH3 is 3. The van der Waals surface area contributed by atoms with E-state index >= 15 is 0 Å². The maximum Gasteiger partial charge on any atom is 0.339 e. The molecule has 1 aromatic heterocycles. The first kappa shape index (κ1) is 22.0. The van der Waals surface area contributed by atoms with Gasteiger partial charge in [-0.15, -0.1) is 0 Å². The van der Waals surface area contributed by atoms with Crippen molar-refractivity contribution in [3.63, 3.8) is 0 Å². The topological polar surface area (TPSA) is 104 Å². The molecule has 0 fully saturated rings. The molecule has 0 unspecified atom stereocenters. The zero-order chi connectivity index (χ0) is 21.9. The van der Waals surface area contributed by atoms with Crippen LogP contribution in [0.3, 0.4) is 0 Å². The number of benzene rings is 1. The standard InChI is InChI=1S/C21H25NO7/c1-10-17(12(3)23)11(2)22-18(10)19(24)13(4)29-21(25)14-8-15(26-5)20(28-7)16(9-14)27-6/h8-9,13,22H,1-7H3/t13-/m1/s1. The Kier molecular flexibility index (Phi) is 6.68. The highest BCUT2D eigenvalue weighted by molar-refractivity contribution is 6.05. The number of nitrogens with one attached hydrogen (secondary N) is 1. The summed E-state index contributed by atoms with van der Waals surface area (Å²) in [5.41, 5.74) is 1.99. The van der Waals surface area contributed by atoms with E-state index in [0.29, 0.717) is 34.1 Å². The quantitative estimate of drug-likeness (QED) is 0.533. The molecule has 1 aromatic carbocycles. The van der Waals surface area contributed by atoms with Crippen LogP contribution in [0.15, 0.2) is 12.1 Å². The van der Waals surface area contributed by atoms with Crippen LogP contribution in [0.2, 0.25) is 0 Å². The Morgan fingerprint density at radius 1 is 0.966 bits per heavy atom. The Labute approximate surface area is 169 Å². The minimum Gasteiger partial charge on any atom is -0.493 e. The molecule has 2 aromatic rings. The van der Waals surface area contributed by atoms with Crippen molar-refractivity contribution in [2.75, 3.05) is 21.3 Å². The van der Waals surface area contributed by atoms with Gasteiger partial charge in [0.1, 0.15) is 0 Å². The van der Waals surface area contributed by atoms with Crippen molar-refractivity contribution in [2.24, 2.45) is 0 Å². The molecule has 8 heteroatoms. The van der Waals surface area contributed by atoms with Gasteiger partial charge in [0.05, 0.1) is 32.6 Å². The molecule has 0 saturated heterocycles. The molecule has 29 heavy (non-hydrogen) atoms. The number of carbonyl (C=O) groups excluding carboxylic acids is 3. The zero-order valence-corrected chi connectivity index (χ0v) is 17.6. The summed E-state index contributed by atoms with van der Waals surface area (Å²) in [6, 6.07) is 2.89. The second-order valence-electron chi connectivity index (χ2n) is 6.51. The summed E-state index contributed by atoms with van der Waals surface area (Å²) < 4.78 is 21.0. The maximum absolute atomic E-state index is 12.8.